The number of hydrogen-bond donors (Lipinski definition) is 1. The second-order valence-corrected chi connectivity index (χ2v) is 9.48. The van der Waals surface area contributed by atoms with Gasteiger partial charge in [0, 0.05) is 23.6 Å². The third kappa shape index (κ3) is 5.55. The first kappa shape index (κ1) is 27.6. The number of carbonyl (C=O) groups is 3. The molecule has 1 N–H and O–H groups in total. The Morgan fingerprint density at radius 1 is 1.05 bits per heavy atom. The third-order valence-corrected chi connectivity index (χ3v) is 6.47. The maximum absolute atomic E-state index is 13.4. The van der Waals surface area contributed by atoms with Gasteiger partial charge in [0.1, 0.15) is 11.5 Å². The highest BCUT2D eigenvalue weighted by molar-refractivity contribution is 6.51. The van der Waals surface area contributed by atoms with Gasteiger partial charge in [0.25, 0.3) is 11.7 Å². The number of Topliss-reactive ketones (excluding diaryl/α,β-unsaturated/α-hetero) is 1. The predicted molar refractivity (Wildman–Crippen MR) is 148 cm³/mol. The molecule has 4 rings (SSSR count). The van der Waals surface area contributed by atoms with Crippen molar-refractivity contribution >= 4 is 29.1 Å². The molecule has 8 nitrogen and oxygen atoms in total. The van der Waals surface area contributed by atoms with Crippen molar-refractivity contribution in [1.82, 2.24) is 4.98 Å². The Labute approximate surface area is 227 Å². The molecule has 1 fully saturated rings. The number of hydrogen-bond acceptors (Lipinski definition) is 7. The zero-order valence-electron chi connectivity index (χ0n) is 22.5. The standard InChI is InChI=1S/C31H32N2O6/c1-5-16-39-31(37)20-9-12-23(13-10-20)33-27(22-8-7-15-32-18-22)26(29(35)30(33)36)28(34)21-11-14-25(38-6-2)24(17-21)19(3)4/h7-15,17-19,27,34H,5-6,16H2,1-4H3/b28-26-. The molecule has 1 unspecified atom stereocenters. The fraction of sp³-hybridized carbons (Fsp3) is 0.290. The summed E-state index contributed by atoms with van der Waals surface area (Å²) < 4.78 is 10.9. The third-order valence-electron chi connectivity index (χ3n) is 6.47. The van der Waals surface area contributed by atoms with E-state index in [2.05, 4.69) is 4.98 Å². The second kappa shape index (κ2) is 11.9. The summed E-state index contributed by atoms with van der Waals surface area (Å²) in [6.07, 6.45) is 3.85. The fourth-order valence-electron chi connectivity index (χ4n) is 4.58. The molecule has 1 aliphatic rings. The van der Waals surface area contributed by atoms with Gasteiger partial charge in [-0.05, 0) is 78.9 Å². The summed E-state index contributed by atoms with van der Waals surface area (Å²) in [7, 11) is 0. The van der Waals surface area contributed by atoms with Gasteiger partial charge in [0.15, 0.2) is 0 Å². The second-order valence-electron chi connectivity index (χ2n) is 9.48. The minimum absolute atomic E-state index is 0.0432. The van der Waals surface area contributed by atoms with Gasteiger partial charge in [-0.1, -0.05) is 26.8 Å². The summed E-state index contributed by atoms with van der Waals surface area (Å²) in [6, 6.07) is 14.0. The molecular weight excluding hydrogens is 496 g/mol. The SMILES string of the molecule is CCCOC(=O)c1ccc(N2C(=O)C(=O)/C(=C(\O)c3ccc(OCC)c(C(C)C)c3)C2c2cccnc2)cc1. The molecule has 2 aromatic carbocycles. The van der Waals surface area contributed by atoms with E-state index < -0.39 is 23.7 Å². The topological polar surface area (TPSA) is 106 Å². The quantitative estimate of drug-likeness (QED) is 0.162. The lowest BCUT2D eigenvalue weighted by Gasteiger charge is -2.25. The molecule has 1 amide bonds. The van der Waals surface area contributed by atoms with E-state index in [0.29, 0.717) is 47.8 Å². The molecule has 0 aliphatic carbocycles. The van der Waals surface area contributed by atoms with E-state index in [1.54, 1.807) is 67.0 Å². The summed E-state index contributed by atoms with van der Waals surface area (Å²) in [5, 5.41) is 11.5. The van der Waals surface area contributed by atoms with Crippen molar-refractivity contribution in [2.24, 2.45) is 0 Å². The highest BCUT2D eigenvalue weighted by atomic mass is 16.5. The van der Waals surface area contributed by atoms with Crippen molar-refractivity contribution < 1.29 is 29.0 Å². The first-order valence-corrected chi connectivity index (χ1v) is 13.0. The zero-order chi connectivity index (χ0) is 28.1. The number of aliphatic hydroxyl groups excluding tert-OH is 1. The van der Waals surface area contributed by atoms with Crippen LogP contribution in [0, 0.1) is 0 Å². The lowest BCUT2D eigenvalue weighted by molar-refractivity contribution is -0.132. The molecule has 0 saturated carbocycles. The van der Waals surface area contributed by atoms with E-state index >= 15 is 0 Å². The Kier molecular flexibility index (Phi) is 8.44. The molecule has 0 bridgehead atoms. The van der Waals surface area contributed by atoms with E-state index in [-0.39, 0.29) is 17.3 Å². The number of aliphatic hydroxyl groups is 1. The molecule has 1 aliphatic heterocycles. The summed E-state index contributed by atoms with van der Waals surface area (Å²) in [6.45, 7) is 8.62. The summed E-state index contributed by atoms with van der Waals surface area (Å²) in [5.74, 6) is -1.56. The minimum Gasteiger partial charge on any atom is -0.507 e. The van der Waals surface area contributed by atoms with Crippen LogP contribution in [-0.4, -0.2) is 41.0 Å². The number of esters is 1. The highest BCUT2D eigenvalue weighted by Crippen LogP contribution is 2.42. The molecule has 1 aromatic heterocycles. The number of rotatable bonds is 9. The molecular formula is C31H32N2O6. The van der Waals surface area contributed by atoms with Crippen molar-refractivity contribution in [2.75, 3.05) is 18.1 Å². The van der Waals surface area contributed by atoms with Crippen LogP contribution in [0.2, 0.25) is 0 Å². The van der Waals surface area contributed by atoms with Crippen molar-refractivity contribution in [1.29, 1.82) is 0 Å². The molecule has 8 heteroatoms. The average molecular weight is 529 g/mol. The van der Waals surface area contributed by atoms with E-state index in [1.165, 1.54) is 4.90 Å². The van der Waals surface area contributed by atoms with E-state index in [9.17, 15) is 19.5 Å². The molecule has 1 saturated heterocycles. The summed E-state index contributed by atoms with van der Waals surface area (Å²) >= 11 is 0. The van der Waals surface area contributed by atoms with Crippen molar-refractivity contribution in [2.45, 2.75) is 46.1 Å². The first-order valence-electron chi connectivity index (χ1n) is 13.0. The number of ketones is 1. The van der Waals surface area contributed by atoms with Crippen LogP contribution in [-0.2, 0) is 14.3 Å². The van der Waals surface area contributed by atoms with Crippen molar-refractivity contribution in [3.8, 4) is 5.75 Å². The van der Waals surface area contributed by atoms with Crippen LogP contribution < -0.4 is 9.64 Å². The number of ether oxygens (including phenoxy) is 2. The van der Waals surface area contributed by atoms with Crippen LogP contribution in [0.4, 0.5) is 5.69 Å². The Bertz CT molecular complexity index is 1400. The molecule has 2 heterocycles. The van der Waals surface area contributed by atoms with Crippen LogP contribution in [0.5, 0.6) is 5.75 Å². The predicted octanol–water partition coefficient (Wildman–Crippen LogP) is 5.80. The van der Waals surface area contributed by atoms with E-state index in [1.807, 2.05) is 27.7 Å². The van der Waals surface area contributed by atoms with Crippen LogP contribution in [0.3, 0.4) is 0 Å². The first-order chi connectivity index (χ1) is 18.8. The Morgan fingerprint density at radius 2 is 1.77 bits per heavy atom. The summed E-state index contributed by atoms with van der Waals surface area (Å²) in [5.41, 5.74) is 2.52. The number of carbonyl (C=O) groups excluding carboxylic acids is 3. The van der Waals surface area contributed by atoms with Crippen LogP contribution >= 0.6 is 0 Å². The van der Waals surface area contributed by atoms with Crippen LogP contribution in [0.15, 0.2) is 72.6 Å². The number of anilines is 1. The van der Waals surface area contributed by atoms with E-state index in [4.69, 9.17) is 9.47 Å². The molecule has 0 spiro atoms. The molecule has 202 valence electrons. The molecule has 0 radical (unpaired) electrons. The van der Waals surface area contributed by atoms with E-state index in [0.717, 1.165) is 5.56 Å². The number of amides is 1. The van der Waals surface area contributed by atoms with Crippen LogP contribution in [0.25, 0.3) is 5.76 Å². The van der Waals surface area contributed by atoms with Gasteiger partial charge in [-0.2, -0.15) is 0 Å². The van der Waals surface area contributed by atoms with Gasteiger partial charge in [0.2, 0.25) is 0 Å². The fourth-order valence-corrected chi connectivity index (χ4v) is 4.58. The van der Waals surface area contributed by atoms with Gasteiger partial charge in [0.05, 0.1) is 30.4 Å². The molecule has 1 atom stereocenters. The lowest BCUT2D eigenvalue weighted by atomic mass is 9.93. The number of benzene rings is 2. The largest absolute Gasteiger partial charge is 0.507 e. The number of pyridine rings is 1. The number of nitrogens with zero attached hydrogens (tertiary/aromatic N) is 2. The smallest absolute Gasteiger partial charge is 0.338 e. The Hall–Kier alpha value is -4.46. The lowest BCUT2D eigenvalue weighted by Crippen LogP contribution is -2.29. The Balaban J connectivity index is 1.82. The average Bonchev–Trinajstić information content (AvgIpc) is 3.22. The highest BCUT2D eigenvalue weighted by Gasteiger charge is 2.47. The maximum Gasteiger partial charge on any atom is 0.338 e. The van der Waals surface area contributed by atoms with Gasteiger partial charge >= 0.3 is 5.97 Å². The van der Waals surface area contributed by atoms with Crippen molar-refractivity contribution in [3.63, 3.8) is 0 Å². The zero-order valence-corrected chi connectivity index (χ0v) is 22.5. The maximum atomic E-state index is 13.4. The van der Waals surface area contributed by atoms with Gasteiger partial charge in [-0.25, -0.2) is 4.79 Å². The van der Waals surface area contributed by atoms with Crippen molar-refractivity contribution in [3.05, 3.63) is 94.8 Å². The Morgan fingerprint density at radius 3 is 2.38 bits per heavy atom. The minimum atomic E-state index is -0.925. The molecule has 39 heavy (non-hydrogen) atoms. The monoisotopic (exact) mass is 528 g/mol. The van der Waals surface area contributed by atoms with Crippen LogP contribution in [0.1, 0.15) is 73.1 Å². The summed E-state index contributed by atoms with van der Waals surface area (Å²) in [4.78, 5) is 44.6. The van der Waals surface area contributed by atoms with Gasteiger partial charge < -0.3 is 14.6 Å². The normalized spacial score (nSPS) is 16.5. The molecule has 3 aromatic rings. The number of aromatic nitrogens is 1. The van der Waals surface area contributed by atoms with Gasteiger partial charge in [-0.3, -0.25) is 19.5 Å². The van der Waals surface area contributed by atoms with Gasteiger partial charge in [-0.15, -0.1) is 0 Å².